The predicted molar refractivity (Wildman–Crippen MR) is 113 cm³/mol. The summed E-state index contributed by atoms with van der Waals surface area (Å²) in [5, 5.41) is 8.88. The standard InChI is InChI=1S/C23H21F5N4O2/c1-13-9-14(2)32(31-13)17-5-3-15(19(11-17)23(26,27)28)12-30-21(33)7-8-29-22(34)18-6-4-16(24)10-20(18)25/h3-6,9-11H,7-8,12H2,1-2H3,(H,29,34)(H,30,33). The summed E-state index contributed by atoms with van der Waals surface area (Å²) >= 11 is 0. The zero-order valence-electron chi connectivity index (χ0n) is 18.3. The van der Waals surface area contributed by atoms with Crippen LogP contribution in [0.3, 0.4) is 0 Å². The number of nitrogens with zero attached hydrogens (tertiary/aromatic N) is 2. The fraction of sp³-hybridized carbons (Fsp3) is 0.261. The number of benzene rings is 2. The molecule has 0 fully saturated rings. The number of carbonyl (C=O) groups excluding carboxylic acids is 2. The molecule has 3 aromatic rings. The molecule has 0 spiro atoms. The van der Waals surface area contributed by atoms with Crippen LogP contribution in [0.1, 0.15) is 39.3 Å². The van der Waals surface area contributed by atoms with Crippen LogP contribution in [0.25, 0.3) is 5.69 Å². The summed E-state index contributed by atoms with van der Waals surface area (Å²) in [6.07, 6.45) is -4.90. The van der Waals surface area contributed by atoms with Crippen LogP contribution < -0.4 is 10.6 Å². The van der Waals surface area contributed by atoms with Gasteiger partial charge < -0.3 is 10.6 Å². The van der Waals surface area contributed by atoms with Gasteiger partial charge in [0.15, 0.2) is 0 Å². The van der Waals surface area contributed by atoms with Gasteiger partial charge in [-0.15, -0.1) is 0 Å². The molecule has 0 aliphatic carbocycles. The van der Waals surface area contributed by atoms with Crippen molar-refractivity contribution >= 4 is 11.8 Å². The molecule has 6 nitrogen and oxygen atoms in total. The first-order valence-electron chi connectivity index (χ1n) is 10.2. The van der Waals surface area contributed by atoms with Gasteiger partial charge in [-0.1, -0.05) is 6.07 Å². The van der Waals surface area contributed by atoms with Gasteiger partial charge in [-0.2, -0.15) is 18.3 Å². The van der Waals surface area contributed by atoms with Crippen LogP contribution in [0.5, 0.6) is 0 Å². The summed E-state index contributed by atoms with van der Waals surface area (Å²) in [6.45, 7) is 2.89. The van der Waals surface area contributed by atoms with Crippen LogP contribution in [-0.4, -0.2) is 28.1 Å². The van der Waals surface area contributed by atoms with Gasteiger partial charge in [0, 0.05) is 31.3 Å². The van der Waals surface area contributed by atoms with Crippen molar-refractivity contribution in [3.05, 3.63) is 82.2 Å². The maximum absolute atomic E-state index is 13.6. The van der Waals surface area contributed by atoms with Crippen molar-refractivity contribution in [3.8, 4) is 5.69 Å². The number of carbonyl (C=O) groups is 2. The Morgan fingerprint density at radius 2 is 1.74 bits per heavy atom. The van der Waals surface area contributed by atoms with Gasteiger partial charge in [-0.3, -0.25) is 9.59 Å². The molecule has 1 aromatic heterocycles. The van der Waals surface area contributed by atoms with E-state index < -0.39 is 35.2 Å². The smallest absolute Gasteiger partial charge is 0.352 e. The Hall–Kier alpha value is -3.76. The highest BCUT2D eigenvalue weighted by Gasteiger charge is 2.34. The van der Waals surface area contributed by atoms with E-state index in [4.69, 9.17) is 0 Å². The Morgan fingerprint density at radius 3 is 2.35 bits per heavy atom. The second-order valence-electron chi connectivity index (χ2n) is 7.58. The third kappa shape index (κ3) is 5.97. The Bertz CT molecular complexity index is 1220. The van der Waals surface area contributed by atoms with E-state index >= 15 is 0 Å². The van der Waals surface area contributed by atoms with Gasteiger partial charge in [0.05, 0.1) is 22.5 Å². The van der Waals surface area contributed by atoms with Gasteiger partial charge in [0.25, 0.3) is 5.91 Å². The SMILES string of the molecule is Cc1cc(C)n(-c2ccc(CNC(=O)CCNC(=O)c3ccc(F)cc3F)c(C(F)(F)F)c2)n1. The van der Waals surface area contributed by atoms with Crippen LogP contribution in [-0.2, 0) is 17.5 Å². The third-order valence-electron chi connectivity index (χ3n) is 4.94. The van der Waals surface area contributed by atoms with Crippen LogP contribution >= 0.6 is 0 Å². The first-order valence-corrected chi connectivity index (χ1v) is 10.2. The highest BCUT2D eigenvalue weighted by molar-refractivity contribution is 5.94. The van der Waals surface area contributed by atoms with Crippen molar-refractivity contribution in [2.45, 2.75) is 33.0 Å². The number of hydrogen-bond donors (Lipinski definition) is 2. The van der Waals surface area contributed by atoms with Crippen molar-refractivity contribution in [1.29, 1.82) is 0 Å². The Balaban J connectivity index is 1.61. The summed E-state index contributed by atoms with van der Waals surface area (Å²) in [5.41, 5.74) is 0.149. The predicted octanol–water partition coefficient (Wildman–Crippen LogP) is 4.22. The van der Waals surface area contributed by atoms with Gasteiger partial charge >= 0.3 is 6.18 Å². The first-order chi connectivity index (χ1) is 16.0. The molecule has 34 heavy (non-hydrogen) atoms. The second-order valence-corrected chi connectivity index (χ2v) is 7.58. The second kappa shape index (κ2) is 10.0. The van der Waals surface area contributed by atoms with Crippen molar-refractivity contribution in [2.24, 2.45) is 0 Å². The molecule has 0 radical (unpaired) electrons. The van der Waals surface area contributed by atoms with E-state index in [9.17, 15) is 31.5 Å². The van der Waals surface area contributed by atoms with Crippen LogP contribution in [0.15, 0.2) is 42.5 Å². The molecule has 0 unspecified atom stereocenters. The number of aryl methyl sites for hydroxylation is 2. The minimum absolute atomic E-state index is 0.136. The summed E-state index contributed by atoms with van der Waals surface area (Å²) < 4.78 is 68.9. The number of alkyl halides is 3. The molecule has 2 amide bonds. The number of halogens is 5. The molecule has 180 valence electrons. The highest BCUT2D eigenvalue weighted by atomic mass is 19.4. The van der Waals surface area contributed by atoms with Gasteiger partial charge in [-0.25, -0.2) is 13.5 Å². The molecule has 0 bridgehead atoms. The van der Waals surface area contributed by atoms with Crippen LogP contribution in [0.4, 0.5) is 22.0 Å². The summed E-state index contributed by atoms with van der Waals surface area (Å²) in [4.78, 5) is 24.0. The third-order valence-corrected chi connectivity index (χ3v) is 4.94. The maximum Gasteiger partial charge on any atom is 0.416 e. The van der Waals surface area contributed by atoms with Gasteiger partial charge in [0.2, 0.25) is 5.91 Å². The zero-order chi connectivity index (χ0) is 25.0. The van der Waals surface area contributed by atoms with Crippen LogP contribution in [0, 0.1) is 25.5 Å². The lowest BCUT2D eigenvalue weighted by Gasteiger charge is -2.16. The molecule has 0 aliphatic rings. The molecule has 0 atom stereocenters. The fourth-order valence-electron chi connectivity index (χ4n) is 3.35. The lowest BCUT2D eigenvalue weighted by Crippen LogP contribution is -2.31. The van der Waals surface area contributed by atoms with E-state index in [-0.39, 0.29) is 36.3 Å². The van der Waals surface area contributed by atoms with Crippen LogP contribution in [0.2, 0.25) is 0 Å². The molecule has 0 saturated heterocycles. The first kappa shape index (κ1) is 24.9. The van der Waals surface area contributed by atoms with E-state index in [2.05, 4.69) is 15.7 Å². The zero-order valence-corrected chi connectivity index (χ0v) is 18.3. The molecule has 2 aromatic carbocycles. The largest absolute Gasteiger partial charge is 0.416 e. The molecule has 3 rings (SSSR count). The average molecular weight is 480 g/mol. The normalized spacial score (nSPS) is 11.4. The number of rotatable bonds is 7. The molecular weight excluding hydrogens is 459 g/mol. The number of aromatic nitrogens is 2. The van der Waals surface area contributed by atoms with E-state index in [1.165, 1.54) is 16.8 Å². The number of amides is 2. The van der Waals surface area contributed by atoms with E-state index in [1.807, 2.05) is 0 Å². The van der Waals surface area contributed by atoms with Gasteiger partial charge in [-0.05, 0) is 49.7 Å². The fourth-order valence-corrected chi connectivity index (χ4v) is 3.35. The lowest BCUT2D eigenvalue weighted by molar-refractivity contribution is -0.138. The quantitative estimate of drug-likeness (QED) is 0.498. The summed E-state index contributed by atoms with van der Waals surface area (Å²) in [5.74, 6) is -3.35. The molecule has 0 aliphatic heterocycles. The lowest BCUT2D eigenvalue weighted by atomic mass is 10.1. The summed E-state index contributed by atoms with van der Waals surface area (Å²) in [6, 6.07) is 7.90. The van der Waals surface area contributed by atoms with Gasteiger partial charge in [0.1, 0.15) is 11.6 Å². The Kier molecular flexibility index (Phi) is 7.33. The minimum atomic E-state index is -4.65. The average Bonchev–Trinajstić information content (AvgIpc) is 3.09. The van der Waals surface area contributed by atoms with Crippen molar-refractivity contribution < 1.29 is 31.5 Å². The monoisotopic (exact) mass is 480 g/mol. The topological polar surface area (TPSA) is 76.0 Å². The van der Waals surface area contributed by atoms with E-state index in [0.29, 0.717) is 17.5 Å². The molecule has 0 saturated carbocycles. The number of hydrogen-bond acceptors (Lipinski definition) is 3. The number of nitrogens with one attached hydrogen (secondary N) is 2. The Morgan fingerprint density at radius 1 is 1.00 bits per heavy atom. The Labute approximate surface area is 191 Å². The highest BCUT2D eigenvalue weighted by Crippen LogP contribution is 2.33. The van der Waals surface area contributed by atoms with Crippen molar-refractivity contribution in [3.63, 3.8) is 0 Å². The molecule has 11 heteroatoms. The molecule has 2 N–H and O–H groups in total. The van der Waals surface area contributed by atoms with E-state index in [0.717, 1.165) is 18.2 Å². The van der Waals surface area contributed by atoms with Crippen molar-refractivity contribution in [1.82, 2.24) is 20.4 Å². The molecule has 1 heterocycles. The minimum Gasteiger partial charge on any atom is -0.352 e. The molecular formula is C23H21F5N4O2. The van der Waals surface area contributed by atoms with Crippen molar-refractivity contribution in [2.75, 3.05) is 6.54 Å². The van der Waals surface area contributed by atoms with E-state index in [1.54, 1.807) is 19.9 Å². The summed E-state index contributed by atoms with van der Waals surface area (Å²) in [7, 11) is 0. The maximum atomic E-state index is 13.6.